The minimum atomic E-state index is -1.09. The molecule has 146 valence electrons. The van der Waals surface area contributed by atoms with Crippen LogP contribution in [0.15, 0.2) is 12.2 Å². The topological polar surface area (TPSA) is 91.7 Å². The van der Waals surface area contributed by atoms with Gasteiger partial charge in [-0.3, -0.25) is 14.4 Å². The Bertz CT molecular complexity index is 636. The summed E-state index contributed by atoms with van der Waals surface area (Å²) in [7, 11) is 0. The number of carboxylic acid groups (broad SMARTS) is 1. The molecule has 6 unspecified atom stereocenters. The third-order valence-electron chi connectivity index (χ3n) is 7.06. The van der Waals surface area contributed by atoms with Crippen LogP contribution >= 0.6 is 0 Å². The standard InChI is InChI=1S/C21H32O5/c1-11(2)12(3)18(24)15-7-8-16-20(5,17(15)13(4)22)9-14(23)10-21(16,6)19(25)26/h11,14-17,23H,3,7-10H2,1-2,4-6H3,(H,25,26). The van der Waals surface area contributed by atoms with Gasteiger partial charge in [0.25, 0.3) is 0 Å². The summed E-state index contributed by atoms with van der Waals surface area (Å²) in [4.78, 5) is 37.7. The van der Waals surface area contributed by atoms with Crippen LogP contribution in [0.5, 0.6) is 0 Å². The van der Waals surface area contributed by atoms with E-state index in [1.54, 1.807) is 6.92 Å². The largest absolute Gasteiger partial charge is 0.481 e. The quantitative estimate of drug-likeness (QED) is 0.731. The van der Waals surface area contributed by atoms with Crippen LogP contribution in [0.2, 0.25) is 0 Å². The summed E-state index contributed by atoms with van der Waals surface area (Å²) in [5.74, 6) is -2.44. The van der Waals surface area contributed by atoms with Crippen LogP contribution < -0.4 is 0 Å². The molecule has 0 aromatic carbocycles. The summed E-state index contributed by atoms with van der Waals surface area (Å²) in [6.45, 7) is 12.8. The Balaban J connectivity index is 2.52. The fourth-order valence-corrected chi connectivity index (χ4v) is 5.84. The third-order valence-corrected chi connectivity index (χ3v) is 7.06. The van der Waals surface area contributed by atoms with Crippen molar-refractivity contribution in [3.63, 3.8) is 0 Å². The van der Waals surface area contributed by atoms with E-state index in [9.17, 15) is 24.6 Å². The molecule has 0 heterocycles. The minimum Gasteiger partial charge on any atom is -0.481 e. The zero-order valence-corrected chi connectivity index (χ0v) is 16.5. The molecule has 2 rings (SSSR count). The van der Waals surface area contributed by atoms with Crippen LogP contribution in [-0.2, 0) is 14.4 Å². The molecule has 5 heteroatoms. The van der Waals surface area contributed by atoms with Crippen LogP contribution in [0.25, 0.3) is 0 Å². The number of carbonyl (C=O) groups excluding carboxylic acids is 2. The van der Waals surface area contributed by atoms with Gasteiger partial charge in [-0.05, 0) is 62.4 Å². The molecule has 2 fully saturated rings. The lowest BCUT2D eigenvalue weighted by Crippen LogP contribution is -2.60. The average Bonchev–Trinajstić information content (AvgIpc) is 2.50. The van der Waals surface area contributed by atoms with Gasteiger partial charge in [0.15, 0.2) is 5.78 Å². The molecule has 6 atom stereocenters. The first-order valence-corrected chi connectivity index (χ1v) is 9.51. The number of rotatable bonds is 5. The van der Waals surface area contributed by atoms with E-state index in [-0.39, 0.29) is 29.8 Å². The predicted molar refractivity (Wildman–Crippen MR) is 98.5 cm³/mol. The Hall–Kier alpha value is -1.49. The van der Waals surface area contributed by atoms with Gasteiger partial charge in [-0.2, -0.15) is 0 Å². The van der Waals surface area contributed by atoms with E-state index in [0.717, 1.165) is 0 Å². The summed E-state index contributed by atoms with van der Waals surface area (Å²) in [5.41, 5.74) is -1.30. The van der Waals surface area contributed by atoms with Crippen molar-refractivity contribution >= 4 is 17.5 Å². The lowest BCUT2D eigenvalue weighted by molar-refractivity contribution is -0.184. The van der Waals surface area contributed by atoms with Gasteiger partial charge >= 0.3 is 5.97 Å². The number of aliphatic hydroxyl groups excluding tert-OH is 1. The number of fused-ring (bicyclic) bond motifs is 1. The van der Waals surface area contributed by atoms with Crippen molar-refractivity contribution in [3.8, 4) is 0 Å². The monoisotopic (exact) mass is 364 g/mol. The number of aliphatic hydroxyl groups is 1. The summed E-state index contributed by atoms with van der Waals surface area (Å²) in [6, 6.07) is 0. The molecule has 26 heavy (non-hydrogen) atoms. The fraction of sp³-hybridized carbons (Fsp3) is 0.762. The van der Waals surface area contributed by atoms with Gasteiger partial charge in [0.2, 0.25) is 0 Å². The van der Waals surface area contributed by atoms with Crippen molar-refractivity contribution < 1.29 is 24.6 Å². The van der Waals surface area contributed by atoms with Crippen molar-refractivity contribution in [2.24, 2.45) is 34.5 Å². The second-order valence-electron chi connectivity index (χ2n) is 9.16. The molecule has 0 amide bonds. The fourth-order valence-electron chi connectivity index (χ4n) is 5.84. The smallest absolute Gasteiger partial charge is 0.309 e. The van der Waals surface area contributed by atoms with Crippen molar-refractivity contribution in [1.29, 1.82) is 0 Å². The summed E-state index contributed by atoms with van der Waals surface area (Å²) in [5, 5.41) is 20.3. The first-order chi connectivity index (χ1) is 11.9. The molecular formula is C21H32O5. The third kappa shape index (κ3) is 3.15. The first kappa shape index (κ1) is 20.8. The Labute approximate surface area is 155 Å². The highest BCUT2D eigenvalue weighted by molar-refractivity contribution is 6.00. The van der Waals surface area contributed by atoms with Gasteiger partial charge in [0.1, 0.15) is 5.78 Å². The van der Waals surface area contributed by atoms with E-state index in [1.807, 2.05) is 20.8 Å². The normalized spacial score (nSPS) is 40.0. The van der Waals surface area contributed by atoms with E-state index in [0.29, 0.717) is 24.8 Å². The van der Waals surface area contributed by atoms with E-state index in [1.165, 1.54) is 6.92 Å². The van der Waals surface area contributed by atoms with Crippen molar-refractivity contribution in [2.45, 2.75) is 66.4 Å². The zero-order chi connectivity index (χ0) is 20.0. The molecule has 0 aromatic rings. The van der Waals surface area contributed by atoms with E-state index in [2.05, 4.69) is 6.58 Å². The van der Waals surface area contributed by atoms with Gasteiger partial charge in [-0.25, -0.2) is 0 Å². The number of aliphatic carboxylic acids is 1. The Kier molecular flexibility index (Phi) is 5.54. The second kappa shape index (κ2) is 6.91. The van der Waals surface area contributed by atoms with Gasteiger partial charge in [0.05, 0.1) is 11.5 Å². The van der Waals surface area contributed by atoms with Gasteiger partial charge < -0.3 is 10.2 Å². The van der Waals surface area contributed by atoms with Crippen LogP contribution in [-0.4, -0.2) is 33.9 Å². The Morgan fingerprint density at radius 1 is 1.12 bits per heavy atom. The number of hydrogen-bond acceptors (Lipinski definition) is 4. The highest BCUT2D eigenvalue weighted by Crippen LogP contribution is 2.61. The summed E-state index contributed by atoms with van der Waals surface area (Å²) in [6.07, 6.45) is 0.806. The van der Waals surface area contributed by atoms with Crippen LogP contribution in [0.1, 0.15) is 60.3 Å². The molecule has 5 nitrogen and oxygen atoms in total. The minimum absolute atomic E-state index is 0.00173. The molecule has 0 spiro atoms. The Morgan fingerprint density at radius 2 is 1.69 bits per heavy atom. The molecule has 0 aromatic heterocycles. The van der Waals surface area contributed by atoms with Crippen LogP contribution in [0, 0.1) is 34.5 Å². The first-order valence-electron chi connectivity index (χ1n) is 9.51. The van der Waals surface area contributed by atoms with Gasteiger partial charge in [0, 0.05) is 11.8 Å². The number of ketones is 2. The lowest BCUT2D eigenvalue weighted by Gasteiger charge is -2.58. The molecule has 0 radical (unpaired) electrons. The molecule has 0 saturated heterocycles. The Morgan fingerprint density at radius 3 is 2.15 bits per heavy atom. The van der Waals surface area contributed by atoms with Crippen LogP contribution in [0.4, 0.5) is 0 Å². The van der Waals surface area contributed by atoms with Gasteiger partial charge in [-0.15, -0.1) is 0 Å². The number of carboxylic acids is 1. The zero-order valence-electron chi connectivity index (χ0n) is 16.5. The molecule has 2 N–H and O–H groups in total. The highest BCUT2D eigenvalue weighted by Gasteiger charge is 2.62. The highest BCUT2D eigenvalue weighted by atomic mass is 16.4. The maximum atomic E-state index is 13.0. The van der Waals surface area contributed by atoms with E-state index >= 15 is 0 Å². The van der Waals surface area contributed by atoms with E-state index < -0.39 is 34.7 Å². The summed E-state index contributed by atoms with van der Waals surface area (Å²) < 4.78 is 0. The maximum absolute atomic E-state index is 13.0. The molecule has 0 aliphatic heterocycles. The number of carbonyl (C=O) groups is 3. The van der Waals surface area contributed by atoms with Gasteiger partial charge in [-0.1, -0.05) is 27.4 Å². The lowest BCUT2D eigenvalue weighted by atomic mass is 9.44. The average molecular weight is 364 g/mol. The second-order valence-corrected chi connectivity index (χ2v) is 9.16. The van der Waals surface area contributed by atoms with Crippen LogP contribution in [0.3, 0.4) is 0 Å². The SMILES string of the molecule is C=C(C(=O)C1CCC2C(C)(C(=O)O)CC(O)CC2(C)C1C(C)=O)C(C)C. The molecule has 2 saturated carbocycles. The van der Waals surface area contributed by atoms with Crippen molar-refractivity contribution in [2.75, 3.05) is 0 Å². The van der Waals surface area contributed by atoms with Crippen molar-refractivity contribution in [3.05, 3.63) is 12.2 Å². The molecule has 2 aliphatic rings. The van der Waals surface area contributed by atoms with Crippen molar-refractivity contribution in [1.82, 2.24) is 0 Å². The predicted octanol–water partition coefficient (Wildman–Crippen LogP) is 3.25. The maximum Gasteiger partial charge on any atom is 0.309 e. The number of Topliss-reactive ketones (excluding diaryl/α,β-unsaturated/α-hetero) is 2. The molecular weight excluding hydrogens is 332 g/mol. The molecule has 2 aliphatic carbocycles. The van der Waals surface area contributed by atoms with E-state index in [4.69, 9.17) is 0 Å². The number of hydrogen-bond donors (Lipinski definition) is 2. The molecule has 0 bridgehead atoms. The summed E-state index contributed by atoms with van der Waals surface area (Å²) >= 11 is 0. The number of allylic oxidation sites excluding steroid dienone is 1.